The summed E-state index contributed by atoms with van der Waals surface area (Å²) in [5.74, 6) is 0.466. The molecule has 0 atom stereocenters. The summed E-state index contributed by atoms with van der Waals surface area (Å²) >= 11 is 5.91. The summed E-state index contributed by atoms with van der Waals surface area (Å²) < 4.78 is 5.53. The van der Waals surface area contributed by atoms with Crippen LogP contribution in [0.15, 0.2) is 40.9 Å². The first-order chi connectivity index (χ1) is 8.24. The molecule has 2 heterocycles. The van der Waals surface area contributed by atoms with Crippen LogP contribution in [0.3, 0.4) is 0 Å². The second-order valence-corrected chi connectivity index (χ2v) is 4.02. The van der Waals surface area contributed by atoms with Crippen molar-refractivity contribution in [3.63, 3.8) is 0 Å². The Kier molecular flexibility index (Phi) is 2.23. The molecule has 0 radical (unpaired) electrons. The van der Waals surface area contributed by atoms with Crippen molar-refractivity contribution in [2.45, 2.75) is 0 Å². The fourth-order valence-corrected chi connectivity index (χ4v) is 1.79. The highest BCUT2D eigenvalue weighted by Crippen LogP contribution is 2.27. The molecule has 1 aromatic carbocycles. The van der Waals surface area contributed by atoms with Gasteiger partial charge in [-0.3, -0.25) is 0 Å². The van der Waals surface area contributed by atoms with E-state index in [4.69, 9.17) is 21.8 Å². The van der Waals surface area contributed by atoms with E-state index >= 15 is 0 Å². The molecular weight excluding hydrogens is 238 g/mol. The zero-order valence-electron chi connectivity index (χ0n) is 8.72. The van der Waals surface area contributed by atoms with Gasteiger partial charge in [0.15, 0.2) is 5.52 Å². The van der Waals surface area contributed by atoms with E-state index in [2.05, 4.69) is 9.97 Å². The Morgan fingerprint density at radius 3 is 2.88 bits per heavy atom. The number of pyridine rings is 1. The summed E-state index contributed by atoms with van der Waals surface area (Å²) in [5, 5.41) is 0.630. The number of anilines is 1. The number of nitrogen functional groups attached to an aromatic ring is 1. The highest BCUT2D eigenvalue weighted by Gasteiger charge is 2.11. The van der Waals surface area contributed by atoms with Crippen LogP contribution in [-0.4, -0.2) is 9.97 Å². The third kappa shape index (κ3) is 1.72. The molecule has 0 saturated carbocycles. The van der Waals surface area contributed by atoms with Crippen molar-refractivity contribution >= 4 is 28.5 Å². The van der Waals surface area contributed by atoms with Gasteiger partial charge in [-0.05, 0) is 24.3 Å². The summed E-state index contributed by atoms with van der Waals surface area (Å²) in [6.45, 7) is 0. The average molecular weight is 246 g/mol. The molecular formula is C12H8ClN3O. The first kappa shape index (κ1) is 10.1. The van der Waals surface area contributed by atoms with E-state index in [-0.39, 0.29) is 0 Å². The predicted molar refractivity (Wildman–Crippen MR) is 66.7 cm³/mol. The van der Waals surface area contributed by atoms with E-state index in [9.17, 15) is 0 Å². The molecule has 5 heteroatoms. The zero-order valence-corrected chi connectivity index (χ0v) is 9.48. The van der Waals surface area contributed by atoms with E-state index in [1.807, 2.05) is 12.1 Å². The lowest BCUT2D eigenvalue weighted by molar-refractivity contribution is 0.608. The Balaban J connectivity index is 2.22. The normalized spacial score (nSPS) is 10.9. The van der Waals surface area contributed by atoms with Gasteiger partial charge in [-0.2, -0.15) is 0 Å². The van der Waals surface area contributed by atoms with Crippen LogP contribution >= 0.6 is 11.6 Å². The van der Waals surface area contributed by atoms with Gasteiger partial charge >= 0.3 is 0 Å². The van der Waals surface area contributed by atoms with Crippen molar-refractivity contribution in [3.8, 4) is 11.5 Å². The van der Waals surface area contributed by atoms with E-state index < -0.39 is 0 Å². The number of fused-ring (bicyclic) bond motifs is 1. The van der Waals surface area contributed by atoms with E-state index in [0.29, 0.717) is 27.8 Å². The van der Waals surface area contributed by atoms with Crippen LogP contribution in [0.2, 0.25) is 5.02 Å². The molecule has 0 bridgehead atoms. The van der Waals surface area contributed by atoms with Crippen molar-refractivity contribution in [2.24, 2.45) is 0 Å². The number of halogens is 1. The quantitative estimate of drug-likeness (QED) is 0.715. The topological polar surface area (TPSA) is 64.9 Å². The monoisotopic (exact) mass is 245 g/mol. The Labute approximate surface area is 102 Å². The molecule has 0 amide bonds. The summed E-state index contributed by atoms with van der Waals surface area (Å²) in [6, 6.07) is 8.96. The average Bonchev–Trinajstić information content (AvgIpc) is 2.74. The third-order valence-electron chi connectivity index (χ3n) is 2.40. The largest absolute Gasteiger partial charge is 0.418 e. The van der Waals surface area contributed by atoms with E-state index in [1.165, 1.54) is 0 Å². The first-order valence-electron chi connectivity index (χ1n) is 5.01. The maximum absolute atomic E-state index is 5.91. The van der Waals surface area contributed by atoms with Gasteiger partial charge in [-0.25, -0.2) is 9.97 Å². The predicted octanol–water partition coefficient (Wildman–Crippen LogP) is 3.13. The van der Waals surface area contributed by atoms with E-state index in [1.54, 1.807) is 24.4 Å². The second-order valence-electron chi connectivity index (χ2n) is 3.58. The van der Waals surface area contributed by atoms with Gasteiger partial charge in [0.05, 0.1) is 5.69 Å². The number of oxazole rings is 1. The lowest BCUT2D eigenvalue weighted by Crippen LogP contribution is -1.86. The summed E-state index contributed by atoms with van der Waals surface area (Å²) in [5.41, 5.74) is 8.14. The molecule has 0 unspecified atom stereocenters. The Bertz CT molecular complexity index is 693. The van der Waals surface area contributed by atoms with E-state index in [0.717, 1.165) is 5.56 Å². The number of hydrogen-bond acceptors (Lipinski definition) is 4. The molecule has 2 aromatic heterocycles. The van der Waals surface area contributed by atoms with Crippen LogP contribution in [0.5, 0.6) is 0 Å². The molecule has 0 aliphatic rings. The minimum atomic E-state index is 0.431. The van der Waals surface area contributed by atoms with Crippen LogP contribution in [0.25, 0.3) is 22.7 Å². The fourth-order valence-electron chi connectivity index (χ4n) is 1.60. The maximum atomic E-state index is 5.91. The molecule has 0 spiro atoms. The molecule has 3 rings (SSSR count). The number of rotatable bonds is 1. The van der Waals surface area contributed by atoms with Gasteiger partial charge in [0.1, 0.15) is 0 Å². The molecule has 0 saturated heterocycles. The molecule has 0 aliphatic heterocycles. The van der Waals surface area contributed by atoms with Crippen molar-refractivity contribution in [3.05, 3.63) is 41.6 Å². The van der Waals surface area contributed by atoms with Gasteiger partial charge in [0.2, 0.25) is 11.6 Å². The van der Waals surface area contributed by atoms with Gasteiger partial charge in [-0.1, -0.05) is 17.7 Å². The molecule has 0 aliphatic carbocycles. The highest BCUT2D eigenvalue weighted by molar-refractivity contribution is 6.30. The number of hydrogen-bond donors (Lipinski definition) is 1. The highest BCUT2D eigenvalue weighted by atomic mass is 35.5. The number of aromatic nitrogens is 2. The summed E-state index contributed by atoms with van der Waals surface area (Å²) in [4.78, 5) is 8.38. The second kappa shape index (κ2) is 3.75. The summed E-state index contributed by atoms with van der Waals surface area (Å²) in [7, 11) is 0. The Morgan fingerprint density at radius 2 is 2.12 bits per heavy atom. The van der Waals surface area contributed by atoms with Crippen molar-refractivity contribution < 1.29 is 4.42 Å². The van der Waals surface area contributed by atoms with Gasteiger partial charge in [0.25, 0.3) is 0 Å². The molecule has 17 heavy (non-hydrogen) atoms. The van der Waals surface area contributed by atoms with Crippen LogP contribution in [0.4, 0.5) is 5.69 Å². The van der Waals surface area contributed by atoms with Crippen LogP contribution in [0.1, 0.15) is 0 Å². The third-order valence-corrected chi connectivity index (χ3v) is 2.64. The standard InChI is InChI=1S/C12H8ClN3O/c13-8-3-1-2-7(6-8)11-16-10-9(14)4-5-15-12(10)17-11/h1-6H,(H2,14,15). The number of nitrogens with zero attached hydrogens (tertiary/aromatic N) is 2. The maximum Gasteiger partial charge on any atom is 0.249 e. The smallest absolute Gasteiger partial charge is 0.249 e. The minimum absolute atomic E-state index is 0.431. The lowest BCUT2D eigenvalue weighted by atomic mass is 10.2. The zero-order chi connectivity index (χ0) is 11.8. The fraction of sp³-hybridized carbons (Fsp3) is 0. The molecule has 84 valence electrons. The van der Waals surface area contributed by atoms with Gasteiger partial charge in [0, 0.05) is 16.8 Å². The van der Waals surface area contributed by atoms with Gasteiger partial charge in [-0.15, -0.1) is 0 Å². The molecule has 0 fully saturated rings. The minimum Gasteiger partial charge on any atom is -0.418 e. The van der Waals surface area contributed by atoms with Crippen molar-refractivity contribution in [1.29, 1.82) is 0 Å². The van der Waals surface area contributed by atoms with Crippen LogP contribution in [-0.2, 0) is 0 Å². The SMILES string of the molecule is Nc1ccnc2oc(-c3cccc(Cl)c3)nc12. The lowest BCUT2D eigenvalue weighted by Gasteiger charge is -1.94. The Morgan fingerprint density at radius 1 is 1.24 bits per heavy atom. The van der Waals surface area contributed by atoms with Crippen molar-refractivity contribution in [2.75, 3.05) is 5.73 Å². The van der Waals surface area contributed by atoms with Crippen molar-refractivity contribution in [1.82, 2.24) is 9.97 Å². The van der Waals surface area contributed by atoms with Crippen LogP contribution < -0.4 is 5.73 Å². The Hall–Kier alpha value is -2.07. The molecule has 2 N–H and O–H groups in total. The molecule has 4 nitrogen and oxygen atoms in total. The summed E-state index contributed by atoms with van der Waals surface area (Å²) in [6.07, 6.45) is 1.59. The molecule has 3 aromatic rings. The first-order valence-corrected chi connectivity index (χ1v) is 5.39. The van der Waals surface area contributed by atoms with Gasteiger partial charge < -0.3 is 10.2 Å². The number of nitrogens with two attached hydrogens (primary N) is 1. The number of benzene rings is 1. The van der Waals surface area contributed by atoms with Crippen LogP contribution in [0, 0.1) is 0 Å².